The molecule has 0 spiro atoms. The van der Waals surface area contributed by atoms with Gasteiger partial charge in [-0.3, -0.25) is 10.1 Å². The molecule has 76 valence electrons. The zero-order valence-electron chi connectivity index (χ0n) is 7.50. The van der Waals surface area contributed by atoms with Gasteiger partial charge in [-0.25, -0.2) is 4.68 Å². The van der Waals surface area contributed by atoms with E-state index in [2.05, 4.69) is 21.0 Å². The molecule has 0 bridgehead atoms. The molecule has 1 aromatic heterocycles. The van der Waals surface area contributed by atoms with E-state index in [-0.39, 0.29) is 5.69 Å². The molecule has 15 heavy (non-hydrogen) atoms. The molecule has 0 amide bonds. The molecule has 0 aliphatic heterocycles. The van der Waals surface area contributed by atoms with Crippen LogP contribution in [0.2, 0.25) is 0 Å². The van der Waals surface area contributed by atoms with Crippen molar-refractivity contribution in [2.45, 2.75) is 0 Å². The lowest BCUT2D eigenvalue weighted by atomic mass is 10.3. The van der Waals surface area contributed by atoms with Crippen LogP contribution >= 0.6 is 15.9 Å². The fourth-order valence-electron chi connectivity index (χ4n) is 1.18. The van der Waals surface area contributed by atoms with Gasteiger partial charge in [0, 0.05) is 4.47 Å². The Labute approximate surface area is 93.6 Å². The molecule has 0 unspecified atom stereocenters. The second kappa shape index (κ2) is 3.82. The van der Waals surface area contributed by atoms with E-state index in [1.807, 2.05) is 24.3 Å². The van der Waals surface area contributed by atoms with Gasteiger partial charge in [-0.2, -0.15) is 5.10 Å². The van der Waals surface area contributed by atoms with E-state index in [0.29, 0.717) is 0 Å². The standard InChI is InChI=1S/C9H6BrN3O2/c10-8-3-1-2-4-9(8)12-6-7(5-11-12)13(14)15/h1-6H. The van der Waals surface area contributed by atoms with Crippen molar-refractivity contribution in [3.05, 3.63) is 51.2 Å². The highest BCUT2D eigenvalue weighted by Crippen LogP contribution is 2.21. The lowest BCUT2D eigenvalue weighted by Crippen LogP contribution is -1.94. The van der Waals surface area contributed by atoms with Gasteiger partial charge in [0.15, 0.2) is 0 Å². The lowest BCUT2D eigenvalue weighted by molar-refractivity contribution is -0.384. The first-order chi connectivity index (χ1) is 7.18. The maximum Gasteiger partial charge on any atom is 0.307 e. The third-order valence-electron chi connectivity index (χ3n) is 1.88. The van der Waals surface area contributed by atoms with E-state index in [1.165, 1.54) is 17.1 Å². The highest BCUT2D eigenvalue weighted by molar-refractivity contribution is 9.10. The van der Waals surface area contributed by atoms with Crippen LogP contribution in [0.1, 0.15) is 0 Å². The highest BCUT2D eigenvalue weighted by atomic mass is 79.9. The van der Waals surface area contributed by atoms with Crippen molar-refractivity contribution in [3.63, 3.8) is 0 Å². The largest absolute Gasteiger partial charge is 0.307 e. The number of nitrogens with zero attached hydrogens (tertiary/aromatic N) is 3. The van der Waals surface area contributed by atoms with Gasteiger partial charge < -0.3 is 0 Å². The Bertz CT molecular complexity index is 510. The van der Waals surface area contributed by atoms with Crippen LogP contribution in [0, 0.1) is 10.1 Å². The summed E-state index contributed by atoms with van der Waals surface area (Å²) in [5, 5.41) is 14.4. The van der Waals surface area contributed by atoms with Gasteiger partial charge in [0.05, 0.1) is 10.6 Å². The minimum absolute atomic E-state index is 0.0225. The fraction of sp³-hybridized carbons (Fsp3) is 0. The molecule has 0 radical (unpaired) electrons. The molecular weight excluding hydrogens is 262 g/mol. The SMILES string of the molecule is O=[N+]([O-])c1cnn(-c2ccccc2Br)c1. The molecule has 0 atom stereocenters. The van der Waals surface area contributed by atoms with Crippen molar-refractivity contribution >= 4 is 21.6 Å². The van der Waals surface area contributed by atoms with Crippen molar-refractivity contribution in [1.82, 2.24) is 9.78 Å². The van der Waals surface area contributed by atoms with Crippen molar-refractivity contribution in [2.24, 2.45) is 0 Å². The van der Waals surface area contributed by atoms with Gasteiger partial charge in [-0.15, -0.1) is 0 Å². The maximum absolute atomic E-state index is 10.5. The van der Waals surface area contributed by atoms with E-state index in [4.69, 9.17) is 0 Å². The number of hydrogen-bond donors (Lipinski definition) is 0. The number of nitro groups is 1. The van der Waals surface area contributed by atoms with E-state index in [0.717, 1.165) is 10.2 Å². The molecule has 2 rings (SSSR count). The van der Waals surface area contributed by atoms with Crippen LogP contribution < -0.4 is 0 Å². The molecule has 0 saturated heterocycles. The number of rotatable bonds is 2. The number of benzene rings is 1. The second-order valence-electron chi connectivity index (χ2n) is 2.85. The zero-order valence-corrected chi connectivity index (χ0v) is 9.09. The number of para-hydroxylation sites is 1. The van der Waals surface area contributed by atoms with Crippen LogP contribution in [-0.2, 0) is 0 Å². The average molecular weight is 268 g/mol. The van der Waals surface area contributed by atoms with Gasteiger partial charge in [-0.1, -0.05) is 12.1 Å². The van der Waals surface area contributed by atoms with Crippen LogP contribution in [0.5, 0.6) is 0 Å². The number of aromatic nitrogens is 2. The molecule has 0 fully saturated rings. The Kier molecular flexibility index (Phi) is 2.51. The Morgan fingerprint density at radius 2 is 2.13 bits per heavy atom. The molecule has 0 aliphatic carbocycles. The highest BCUT2D eigenvalue weighted by Gasteiger charge is 2.10. The van der Waals surface area contributed by atoms with Crippen molar-refractivity contribution in [3.8, 4) is 5.69 Å². The van der Waals surface area contributed by atoms with Crippen LogP contribution in [0.3, 0.4) is 0 Å². The molecule has 6 heteroatoms. The predicted molar refractivity (Wildman–Crippen MR) is 57.9 cm³/mol. The maximum atomic E-state index is 10.5. The summed E-state index contributed by atoms with van der Waals surface area (Å²) in [6, 6.07) is 7.38. The summed E-state index contributed by atoms with van der Waals surface area (Å²) in [5.74, 6) is 0. The minimum atomic E-state index is -0.472. The van der Waals surface area contributed by atoms with E-state index in [1.54, 1.807) is 0 Å². The first-order valence-electron chi connectivity index (χ1n) is 4.12. The van der Waals surface area contributed by atoms with Crippen LogP contribution in [-0.4, -0.2) is 14.7 Å². The van der Waals surface area contributed by atoms with E-state index in [9.17, 15) is 10.1 Å². The smallest absolute Gasteiger partial charge is 0.258 e. The molecule has 0 aliphatic rings. The first-order valence-corrected chi connectivity index (χ1v) is 4.92. The fourth-order valence-corrected chi connectivity index (χ4v) is 1.64. The Morgan fingerprint density at radius 1 is 1.40 bits per heavy atom. The molecule has 1 heterocycles. The third kappa shape index (κ3) is 1.89. The van der Waals surface area contributed by atoms with Gasteiger partial charge in [-0.05, 0) is 28.1 Å². The van der Waals surface area contributed by atoms with Crippen LogP contribution in [0.4, 0.5) is 5.69 Å². The van der Waals surface area contributed by atoms with Gasteiger partial charge in [0.25, 0.3) is 0 Å². The van der Waals surface area contributed by atoms with Crippen LogP contribution in [0.15, 0.2) is 41.1 Å². The molecular formula is C9H6BrN3O2. The molecule has 5 nitrogen and oxygen atoms in total. The number of hydrogen-bond acceptors (Lipinski definition) is 3. The minimum Gasteiger partial charge on any atom is -0.258 e. The Balaban J connectivity index is 2.46. The van der Waals surface area contributed by atoms with E-state index >= 15 is 0 Å². The second-order valence-corrected chi connectivity index (χ2v) is 3.71. The van der Waals surface area contributed by atoms with Crippen molar-refractivity contribution in [1.29, 1.82) is 0 Å². The van der Waals surface area contributed by atoms with Gasteiger partial charge >= 0.3 is 5.69 Å². The summed E-state index contributed by atoms with van der Waals surface area (Å²) in [6.45, 7) is 0. The summed E-state index contributed by atoms with van der Waals surface area (Å²) in [6.07, 6.45) is 2.60. The van der Waals surface area contributed by atoms with Crippen LogP contribution in [0.25, 0.3) is 5.69 Å². The number of halogens is 1. The van der Waals surface area contributed by atoms with E-state index < -0.39 is 4.92 Å². The molecule has 2 aromatic rings. The predicted octanol–water partition coefficient (Wildman–Crippen LogP) is 2.54. The Morgan fingerprint density at radius 3 is 2.73 bits per heavy atom. The Hall–Kier alpha value is -1.69. The quantitative estimate of drug-likeness (QED) is 0.621. The summed E-state index contributed by atoms with van der Waals surface area (Å²) in [7, 11) is 0. The average Bonchev–Trinajstić information content (AvgIpc) is 2.67. The summed E-state index contributed by atoms with van der Waals surface area (Å²) in [5.41, 5.74) is 0.747. The first kappa shape index (κ1) is 9.85. The zero-order chi connectivity index (χ0) is 10.8. The van der Waals surface area contributed by atoms with Gasteiger partial charge in [0.1, 0.15) is 12.4 Å². The van der Waals surface area contributed by atoms with Crippen molar-refractivity contribution < 1.29 is 4.92 Å². The summed E-state index contributed by atoms with van der Waals surface area (Å²) < 4.78 is 2.30. The van der Waals surface area contributed by atoms with Gasteiger partial charge in [0.2, 0.25) is 0 Å². The molecule has 0 N–H and O–H groups in total. The van der Waals surface area contributed by atoms with Crippen molar-refractivity contribution in [2.75, 3.05) is 0 Å². The summed E-state index contributed by atoms with van der Waals surface area (Å²) >= 11 is 3.35. The lowest BCUT2D eigenvalue weighted by Gasteiger charge is -2.01. The molecule has 0 saturated carbocycles. The normalized spacial score (nSPS) is 10.2. The summed E-state index contributed by atoms with van der Waals surface area (Å²) in [4.78, 5) is 10.00. The topological polar surface area (TPSA) is 61.0 Å². The molecule has 1 aromatic carbocycles. The third-order valence-corrected chi connectivity index (χ3v) is 2.55. The monoisotopic (exact) mass is 267 g/mol.